The van der Waals surface area contributed by atoms with Crippen LogP contribution in [0, 0.1) is 0 Å². The summed E-state index contributed by atoms with van der Waals surface area (Å²) in [5.41, 5.74) is 0.00279. The van der Waals surface area contributed by atoms with Gasteiger partial charge in [-0.2, -0.15) is 13.2 Å². The molecule has 7 heteroatoms. The molecule has 4 aromatic rings. The van der Waals surface area contributed by atoms with E-state index in [1.165, 1.54) is 28.9 Å². The van der Waals surface area contributed by atoms with E-state index in [0.29, 0.717) is 11.3 Å². The molecule has 0 unspecified atom stereocenters. The summed E-state index contributed by atoms with van der Waals surface area (Å²) in [7, 11) is 0. The van der Waals surface area contributed by atoms with E-state index < -0.39 is 11.7 Å². The van der Waals surface area contributed by atoms with Crippen LogP contribution in [0.1, 0.15) is 5.56 Å². The fourth-order valence-electron chi connectivity index (χ4n) is 2.94. The molecule has 0 bridgehead atoms. The van der Waals surface area contributed by atoms with Gasteiger partial charge in [0.25, 0.3) is 0 Å². The zero-order valence-corrected chi connectivity index (χ0v) is 14.4. The number of aromatic hydroxyl groups is 1. The average Bonchev–Trinajstić information content (AvgIpc) is 3.13. The van der Waals surface area contributed by atoms with Gasteiger partial charge in [-0.15, -0.1) is 5.10 Å². The summed E-state index contributed by atoms with van der Waals surface area (Å²) in [6.07, 6.45) is -4.54. The third-order valence-electron chi connectivity index (χ3n) is 4.23. The molecule has 1 heterocycles. The Morgan fingerprint density at radius 1 is 0.750 bits per heavy atom. The maximum atomic E-state index is 13.6. The first-order valence-electron chi connectivity index (χ1n) is 8.42. The standard InChI is InChI=1S/C21H14F3N3O/c22-21(23,24)17-12-6-4-10-15(17)20-25-19(16-11-5-7-13-18(16)28)26-27(20)14-8-2-1-3-9-14/h1-13,28H. The van der Waals surface area contributed by atoms with Crippen molar-refractivity contribution in [3.63, 3.8) is 0 Å². The Kier molecular flexibility index (Phi) is 4.35. The molecule has 1 N–H and O–H groups in total. The number of halogens is 3. The van der Waals surface area contributed by atoms with E-state index in [9.17, 15) is 18.3 Å². The molecular formula is C21H14F3N3O. The van der Waals surface area contributed by atoms with Gasteiger partial charge in [0, 0.05) is 5.56 Å². The van der Waals surface area contributed by atoms with Crippen LogP contribution < -0.4 is 0 Å². The summed E-state index contributed by atoms with van der Waals surface area (Å²) >= 11 is 0. The number of aromatic nitrogens is 3. The predicted octanol–water partition coefficient (Wildman–Crippen LogP) is 5.33. The van der Waals surface area contributed by atoms with Crippen LogP contribution in [0.3, 0.4) is 0 Å². The van der Waals surface area contributed by atoms with Gasteiger partial charge in [-0.3, -0.25) is 0 Å². The van der Waals surface area contributed by atoms with E-state index in [-0.39, 0.29) is 23.0 Å². The molecular weight excluding hydrogens is 367 g/mol. The number of hydrogen-bond donors (Lipinski definition) is 1. The highest BCUT2D eigenvalue weighted by Crippen LogP contribution is 2.38. The van der Waals surface area contributed by atoms with Gasteiger partial charge < -0.3 is 5.11 Å². The topological polar surface area (TPSA) is 50.9 Å². The molecule has 0 aliphatic heterocycles. The van der Waals surface area contributed by atoms with Crippen LogP contribution in [0.4, 0.5) is 13.2 Å². The number of benzene rings is 3. The number of phenolic OH excluding ortho intramolecular Hbond substituents is 1. The molecule has 28 heavy (non-hydrogen) atoms. The molecule has 140 valence electrons. The second kappa shape index (κ2) is 6.84. The molecule has 0 fully saturated rings. The Morgan fingerprint density at radius 3 is 2.04 bits per heavy atom. The normalized spacial score (nSPS) is 11.5. The molecule has 0 spiro atoms. The van der Waals surface area contributed by atoms with E-state index in [1.54, 1.807) is 48.5 Å². The lowest BCUT2D eigenvalue weighted by molar-refractivity contribution is -0.137. The van der Waals surface area contributed by atoms with Crippen molar-refractivity contribution in [1.82, 2.24) is 14.8 Å². The molecule has 0 aliphatic rings. The van der Waals surface area contributed by atoms with Gasteiger partial charge >= 0.3 is 6.18 Å². The number of phenols is 1. The molecule has 0 saturated heterocycles. The van der Waals surface area contributed by atoms with Gasteiger partial charge in [0.05, 0.1) is 16.8 Å². The molecule has 4 nitrogen and oxygen atoms in total. The van der Waals surface area contributed by atoms with Crippen LogP contribution >= 0.6 is 0 Å². The molecule has 0 atom stereocenters. The molecule has 3 aromatic carbocycles. The summed E-state index contributed by atoms with van der Waals surface area (Å²) in [6, 6.07) is 20.4. The van der Waals surface area contributed by atoms with Crippen molar-refractivity contribution in [1.29, 1.82) is 0 Å². The van der Waals surface area contributed by atoms with E-state index in [2.05, 4.69) is 10.1 Å². The van der Waals surface area contributed by atoms with E-state index in [0.717, 1.165) is 6.07 Å². The van der Waals surface area contributed by atoms with Crippen molar-refractivity contribution < 1.29 is 18.3 Å². The number of nitrogens with zero attached hydrogens (tertiary/aromatic N) is 3. The highest BCUT2D eigenvalue weighted by atomic mass is 19.4. The van der Waals surface area contributed by atoms with Crippen molar-refractivity contribution in [3.8, 4) is 34.2 Å². The summed E-state index contributed by atoms with van der Waals surface area (Å²) in [4.78, 5) is 4.35. The Hall–Kier alpha value is -3.61. The van der Waals surface area contributed by atoms with Gasteiger partial charge in [0.2, 0.25) is 0 Å². The number of hydrogen-bond acceptors (Lipinski definition) is 3. The quantitative estimate of drug-likeness (QED) is 0.522. The molecule has 0 radical (unpaired) electrons. The van der Waals surface area contributed by atoms with E-state index >= 15 is 0 Å². The third-order valence-corrected chi connectivity index (χ3v) is 4.23. The van der Waals surface area contributed by atoms with Crippen molar-refractivity contribution in [2.75, 3.05) is 0 Å². The summed E-state index contributed by atoms with van der Waals surface area (Å²) in [5.74, 6) is 0.120. The van der Waals surface area contributed by atoms with Crippen molar-refractivity contribution in [2.24, 2.45) is 0 Å². The SMILES string of the molecule is Oc1ccccc1-c1nc(-c2ccccc2C(F)(F)F)n(-c2ccccc2)n1. The molecule has 0 saturated carbocycles. The second-order valence-electron chi connectivity index (χ2n) is 6.07. The van der Waals surface area contributed by atoms with Crippen LogP contribution in [-0.2, 0) is 6.18 Å². The van der Waals surface area contributed by atoms with E-state index in [4.69, 9.17) is 0 Å². The summed E-state index contributed by atoms with van der Waals surface area (Å²) in [6.45, 7) is 0. The number of alkyl halides is 3. The fraction of sp³-hybridized carbons (Fsp3) is 0.0476. The minimum absolute atomic E-state index is 0.0392. The fourth-order valence-corrected chi connectivity index (χ4v) is 2.94. The number of para-hydroxylation sites is 2. The maximum absolute atomic E-state index is 13.6. The smallest absolute Gasteiger partial charge is 0.417 e. The second-order valence-corrected chi connectivity index (χ2v) is 6.07. The zero-order valence-electron chi connectivity index (χ0n) is 14.4. The first-order chi connectivity index (χ1) is 13.4. The first kappa shape index (κ1) is 17.8. The van der Waals surface area contributed by atoms with E-state index in [1.807, 2.05) is 0 Å². The lowest BCUT2D eigenvalue weighted by Crippen LogP contribution is -2.09. The van der Waals surface area contributed by atoms with Gasteiger partial charge in [-0.25, -0.2) is 9.67 Å². The summed E-state index contributed by atoms with van der Waals surface area (Å²) < 4.78 is 42.0. The van der Waals surface area contributed by atoms with Crippen LogP contribution in [0.5, 0.6) is 5.75 Å². The zero-order chi connectivity index (χ0) is 19.7. The minimum atomic E-state index is -4.54. The summed E-state index contributed by atoms with van der Waals surface area (Å²) in [5, 5.41) is 14.5. The van der Waals surface area contributed by atoms with Gasteiger partial charge in [-0.05, 0) is 30.3 Å². The maximum Gasteiger partial charge on any atom is 0.417 e. The lowest BCUT2D eigenvalue weighted by Gasteiger charge is -2.13. The molecule has 1 aromatic heterocycles. The van der Waals surface area contributed by atoms with Crippen LogP contribution in [-0.4, -0.2) is 19.9 Å². The monoisotopic (exact) mass is 381 g/mol. The Bertz CT molecular complexity index is 1120. The van der Waals surface area contributed by atoms with Crippen molar-refractivity contribution in [3.05, 3.63) is 84.4 Å². The van der Waals surface area contributed by atoms with Gasteiger partial charge in [0.15, 0.2) is 11.6 Å². The van der Waals surface area contributed by atoms with Crippen LogP contribution in [0.25, 0.3) is 28.5 Å². The predicted molar refractivity (Wildman–Crippen MR) is 98.9 cm³/mol. The Balaban J connectivity index is 1.99. The lowest BCUT2D eigenvalue weighted by atomic mass is 10.1. The third kappa shape index (κ3) is 3.22. The van der Waals surface area contributed by atoms with Gasteiger partial charge in [0.1, 0.15) is 5.75 Å². The van der Waals surface area contributed by atoms with Crippen LogP contribution in [0.2, 0.25) is 0 Å². The number of rotatable bonds is 3. The molecule has 0 amide bonds. The minimum Gasteiger partial charge on any atom is -0.507 e. The molecule has 0 aliphatic carbocycles. The molecule has 4 rings (SSSR count). The van der Waals surface area contributed by atoms with Crippen molar-refractivity contribution >= 4 is 0 Å². The average molecular weight is 381 g/mol. The first-order valence-corrected chi connectivity index (χ1v) is 8.42. The Labute approximate surface area is 158 Å². The largest absolute Gasteiger partial charge is 0.507 e. The van der Waals surface area contributed by atoms with Crippen molar-refractivity contribution in [2.45, 2.75) is 6.18 Å². The highest BCUT2D eigenvalue weighted by molar-refractivity contribution is 5.69. The van der Waals surface area contributed by atoms with Crippen LogP contribution in [0.15, 0.2) is 78.9 Å². The Morgan fingerprint density at radius 2 is 1.36 bits per heavy atom. The van der Waals surface area contributed by atoms with Gasteiger partial charge in [-0.1, -0.05) is 48.5 Å². The highest BCUT2D eigenvalue weighted by Gasteiger charge is 2.35.